The summed E-state index contributed by atoms with van der Waals surface area (Å²) in [6.45, 7) is 17.6. The highest BCUT2D eigenvalue weighted by atomic mass is 16.6. The second kappa shape index (κ2) is 9.25. The van der Waals surface area contributed by atoms with E-state index in [0.717, 1.165) is 0 Å². The van der Waals surface area contributed by atoms with Crippen LogP contribution in [0.15, 0.2) is 0 Å². The minimum Gasteiger partial charge on any atom is -0.466 e. The Morgan fingerprint density at radius 3 is 2.29 bits per heavy atom. The molecule has 0 bridgehead atoms. The van der Waals surface area contributed by atoms with E-state index in [1.165, 1.54) is 0 Å². The van der Waals surface area contributed by atoms with Crippen molar-refractivity contribution >= 4 is 12.1 Å². The molecule has 24 heavy (non-hydrogen) atoms. The minimum atomic E-state index is -0.754. The van der Waals surface area contributed by atoms with Crippen molar-refractivity contribution in [1.82, 2.24) is 4.90 Å². The maximum Gasteiger partial charge on any atom is 0.412 e. The molecule has 1 aliphatic heterocycles. The van der Waals surface area contributed by atoms with Gasteiger partial charge in [0.1, 0.15) is 11.3 Å². The summed E-state index contributed by atoms with van der Waals surface area (Å²) in [5.41, 5.74) is -1.33. The number of carbonyl (C=O) groups excluding carboxylic acids is 2. The van der Waals surface area contributed by atoms with Crippen LogP contribution in [0.2, 0.25) is 0 Å². The summed E-state index contributed by atoms with van der Waals surface area (Å²) in [7, 11) is 0. The topological polar surface area (TPSA) is 65.1 Å². The van der Waals surface area contributed by atoms with Crippen molar-refractivity contribution in [2.75, 3.05) is 13.2 Å². The lowest BCUT2D eigenvalue weighted by molar-refractivity contribution is -0.144. The molecule has 0 aromatic heterocycles. The molecule has 0 aromatic rings. The fourth-order valence-corrected chi connectivity index (χ4v) is 2.54. The Morgan fingerprint density at radius 2 is 1.83 bits per heavy atom. The second-order valence-corrected chi connectivity index (χ2v) is 7.16. The maximum atomic E-state index is 12.5. The van der Waals surface area contributed by atoms with Crippen molar-refractivity contribution < 1.29 is 23.8 Å². The summed E-state index contributed by atoms with van der Waals surface area (Å²) < 4.78 is 16.2. The summed E-state index contributed by atoms with van der Waals surface area (Å²) in [5.74, 6) is -0.336. The summed E-state index contributed by atoms with van der Waals surface area (Å²) in [5, 5.41) is 0. The van der Waals surface area contributed by atoms with Crippen LogP contribution >= 0.6 is 0 Å². The number of hydrogen-bond acceptors (Lipinski definition) is 5. The number of carbonyl (C=O) groups is 2. The van der Waals surface area contributed by atoms with Gasteiger partial charge in [-0.2, -0.15) is 0 Å². The van der Waals surface area contributed by atoms with Gasteiger partial charge in [-0.15, -0.1) is 0 Å². The van der Waals surface area contributed by atoms with Gasteiger partial charge in [-0.05, 0) is 47.5 Å². The van der Waals surface area contributed by atoms with E-state index in [0.29, 0.717) is 13.2 Å². The molecule has 2 atom stereocenters. The van der Waals surface area contributed by atoms with E-state index in [4.69, 9.17) is 14.2 Å². The van der Waals surface area contributed by atoms with Gasteiger partial charge in [0.25, 0.3) is 0 Å². The molecule has 1 amide bonds. The van der Waals surface area contributed by atoms with Gasteiger partial charge in [0.05, 0.1) is 25.7 Å². The largest absolute Gasteiger partial charge is 0.466 e. The lowest BCUT2D eigenvalue weighted by Gasteiger charge is -2.36. The summed E-state index contributed by atoms with van der Waals surface area (Å²) >= 11 is 0. The van der Waals surface area contributed by atoms with Gasteiger partial charge in [0.15, 0.2) is 0 Å². The molecule has 2 unspecified atom stereocenters. The standard InChI is InChI=1S/C16H29NO5.C2H6/c1-8-20-13(18)9-11(2)12-10-21-16(6,7)17(12)14(19)22-15(3,4)5;1-2/h11-12H,8-10H2,1-7H3;1-2H3. The van der Waals surface area contributed by atoms with E-state index in [2.05, 4.69) is 0 Å². The number of amides is 1. The highest BCUT2D eigenvalue weighted by Gasteiger charge is 2.47. The lowest BCUT2D eigenvalue weighted by atomic mass is 9.97. The zero-order chi connectivity index (χ0) is 19.1. The fraction of sp³-hybridized carbons (Fsp3) is 0.889. The van der Waals surface area contributed by atoms with E-state index in [1.54, 1.807) is 11.8 Å². The molecule has 6 heteroatoms. The predicted octanol–water partition coefficient (Wildman–Crippen LogP) is 3.97. The Balaban J connectivity index is 0.00000254. The van der Waals surface area contributed by atoms with Crippen LogP contribution in [-0.2, 0) is 19.0 Å². The van der Waals surface area contributed by atoms with E-state index in [9.17, 15) is 9.59 Å². The average molecular weight is 345 g/mol. The van der Waals surface area contributed by atoms with Crippen LogP contribution in [0.5, 0.6) is 0 Å². The average Bonchev–Trinajstić information content (AvgIpc) is 2.75. The maximum absolute atomic E-state index is 12.5. The molecule has 1 saturated heterocycles. The van der Waals surface area contributed by atoms with Crippen molar-refractivity contribution in [3.63, 3.8) is 0 Å². The summed E-state index contributed by atoms with van der Waals surface area (Å²) in [6, 6.07) is -0.214. The molecule has 0 N–H and O–H groups in total. The van der Waals surface area contributed by atoms with Gasteiger partial charge in [-0.3, -0.25) is 9.69 Å². The first-order chi connectivity index (χ1) is 11.0. The number of rotatable bonds is 4. The van der Waals surface area contributed by atoms with Crippen LogP contribution in [0.3, 0.4) is 0 Å². The van der Waals surface area contributed by atoms with Crippen LogP contribution in [0, 0.1) is 5.92 Å². The van der Waals surface area contributed by atoms with E-state index >= 15 is 0 Å². The Morgan fingerprint density at radius 1 is 1.29 bits per heavy atom. The van der Waals surface area contributed by atoms with Crippen molar-refractivity contribution in [2.24, 2.45) is 5.92 Å². The first-order valence-corrected chi connectivity index (χ1v) is 8.80. The van der Waals surface area contributed by atoms with Crippen LogP contribution in [0.4, 0.5) is 4.79 Å². The zero-order valence-electron chi connectivity index (χ0n) is 16.8. The molecule has 0 aliphatic carbocycles. The van der Waals surface area contributed by atoms with Gasteiger partial charge in [-0.25, -0.2) is 4.79 Å². The normalized spacial score (nSPS) is 20.7. The number of esters is 1. The van der Waals surface area contributed by atoms with Crippen LogP contribution in [-0.4, -0.2) is 47.5 Å². The molecule has 1 aliphatic rings. The Bertz CT molecular complexity index is 414. The molecule has 0 aromatic carbocycles. The molecule has 1 fully saturated rings. The molecule has 0 spiro atoms. The molecule has 0 saturated carbocycles. The van der Waals surface area contributed by atoms with Crippen molar-refractivity contribution in [3.8, 4) is 0 Å². The Hall–Kier alpha value is -1.30. The third-order valence-electron chi connectivity index (χ3n) is 3.56. The van der Waals surface area contributed by atoms with Crippen LogP contribution < -0.4 is 0 Å². The number of ether oxygens (including phenoxy) is 3. The molecule has 1 heterocycles. The molecule has 142 valence electrons. The highest BCUT2D eigenvalue weighted by Crippen LogP contribution is 2.33. The van der Waals surface area contributed by atoms with Gasteiger partial charge in [0, 0.05) is 0 Å². The minimum absolute atomic E-state index is 0.0756. The smallest absolute Gasteiger partial charge is 0.412 e. The van der Waals surface area contributed by atoms with Gasteiger partial charge in [-0.1, -0.05) is 20.8 Å². The number of hydrogen-bond donors (Lipinski definition) is 0. The van der Waals surface area contributed by atoms with Crippen LogP contribution in [0.25, 0.3) is 0 Å². The first kappa shape index (κ1) is 22.7. The zero-order valence-corrected chi connectivity index (χ0v) is 16.8. The summed E-state index contributed by atoms with van der Waals surface area (Å²) in [6.07, 6.45) is -0.173. The van der Waals surface area contributed by atoms with Crippen molar-refractivity contribution in [2.45, 2.75) is 86.1 Å². The monoisotopic (exact) mass is 345 g/mol. The summed E-state index contributed by atoms with van der Waals surface area (Å²) in [4.78, 5) is 25.8. The second-order valence-electron chi connectivity index (χ2n) is 7.16. The van der Waals surface area contributed by atoms with Gasteiger partial charge >= 0.3 is 12.1 Å². The Kier molecular flexibility index (Phi) is 8.75. The van der Waals surface area contributed by atoms with Crippen LogP contribution in [0.1, 0.15) is 68.7 Å². The third kappa shape index (κ3) is 6.67. The highest BCUT2D eigenvalue weighted by molar-refractivity contribution is 5.71. The first-order valence-electron chi connectivity index (χ1n) is 8.80. The van der Waals surface area contributed by atoms with Gasteiger partial charge < -0.3 is 14.2 Å². The molecular weight excluding hydrogens is 310 g/mol. The van der Waals surface area contributed by atoms with Crippen molar-refractivity contribution in [3.05, 3.63) is 0 Å². The molecular formula is C18H35NO5. The lowest BCUT2D eigenvalue weighted by Crippen LogP contribution is -2.51. The Labute approximate surface area is 146 Å². The quantitative estimate of drug-likeness (QED) is 0.721. The SMILES string of the molecule is CC.CCOC(=O)CC(C)C1COC(C)(C)N1C(=O)OC(C)(C)C. The van der Waals surface area contributed by atoms with E-state index in [1.807, 2.05) is 55.4 Å². The van der Waals surface area contributed by atoms with Crippen molar-refractivity contribution in [1.29, 1.82) is 0 Å². The van der Waals surface area contributed by atoms with E-state index < -0.39 is 17.4 Å². The van der Waals surface area contributed by atoms with E-state index in [-0.39, 0.29) is 24.3 Å². The molecule has 1 rings (SSSR count). The van der Waals surface area contributed by atoms with Gasteiger partial charge in [0.2, 0.25) is 0 Å². The predicted molar refractivity (Wildman–Crippen MR) is 93.7 cm³/mol. The molecule has 6 nitrogen and oxygen atoms in total. The third-order valence-corrected chi connectivity index (χ3v) is 3.56. The fourth-order valence-electron chi connectivity index (χ4n) is 2.54. The number of nitrogens with zero attached hydrogens (tertiary/aromatic N) is 1. The molecule has 0 radical (unpaired) electrons.